The van der Waals surface area contributed by atoms with Crippen LogP contribution < -0.4 is 9.47 Å². The van der Waals surface area contributed by atoms with Crippen LogP contribution in [0.15, 0.2) is 18.3 Å². The van der Waals surface area contributed by atoms with Gasteiger partial charge in [-0.1, -0.05) is 16.8 Å². The number of methoxy groups -OCH3 is 3. The first-order valence-electron chi connectivity index (χ1n) is 5.53. The van der Waals surface area contributed by atoms with E-state index in [2.05, 4.69) is 15.0 Å². The minimum absolute atomic E-state index is 0.0865. The molecule has 0 N–H and O–H groups in total. The van der Waals surface area contributed by atoms with Gasteiger partial charge in [-0.2, -0.15) is 0 Å². The number of carbonyl (C=O) groups excluding carboxylic acids is 1. The molecule has 2 rings (SSSR count). The number of aromatic nitrogens is 3. The summed E-state index contributed by atoms with van der Waals surface area (Å²) >= 11 is 6.02. The number of rotatable bonds is 4. The number of esters is 1. The van der Waals surface area contributed by atoms with Crippen molar-refractivity contribution in [1.29, 1.82) is 0 Å². The second-order valence-electron chi connectivity index (χ2n) is 3.70. The first-order chi connectivity index (χ1) is 9.60. The molecular weight excluding hydrogens is 286 g/mol. The van der Waals surface area contributed by atoms with Crippen LogP contribution >= 0.6 is 11.6 Å². The molecule has 8 heteroatoms. The molecule has 0 saturated carbocycles. The SMILES string of the molecule is COC(=O)c1cn(-c2cc(OC)c(Cl)cc2OC)nn1. The van der Waals surface area contributed by atoms with E-state index < -0.39 is 5.97 Å². The van der Waals surface area contributed by atoms with E-state index in [1.54, 1.807) is 12.1 Å². The third kappa shape index (κ3) is 2.53. The summed E-state index contributed by atoms with van der Waals surface area (Å²) in [5.41, 5.74) is 0.625. The topological polar surface area (TPSA) is 75.5 Å². The van der Waals surface area contributed by atoms with Gasteiger partial charge in [0.15, 0.2) is 5.69 Å². The highest BCUT2D eigenvalue weighted by Gasteiger charge is 2.16. The average Bonchev–Trinajstić information content (AvgIpc) is 2.95. The number of benzene rings is 1. The molecule has 0 saturated heterocycles. The molecule has 0 aliphatic heterocycles. The zero-order chi connectivity index (χ0) is 14.7. The Hall–Kier alpha value is -2.28. The predicted octanol–water partition coefficient (Wildman–Crippen LogP) is 1.72. The van der Waals surface area contributed by atoms with Crippen molar-refractivity contribution in [3.05, 3.63) is 29.0 Å². The highest BCUT2D eigenvalue weighted by molar-refractivity contribution is 6.32. The van der Waals surface area contributed by atoms with Crippen LogP contribution in [-0.4, -0.2) is 42.3 Å². The normalized spacial score (nSPS) is 10.2. The van der Waals surface area contributed by atoms with E-state index in [4.69, 9.17) is 21.1 Å². The van der Waals surface area contributed by atoms with Crippen LogP contribution in [0, 0.1) is 0 Å². The van der Waals surface area contributed by atoms with Crippen LogP contribution in [0.3, 0.4) is 0 Å². The lowest BCUT2D eigenvalue weighted by molar-refractivity contribution is 0.0594. The molecule has 1 aromatic heterocycles. The zero-order valence-corrected chi connectivity index (χ0v) is 11.8. The van der Waals surface area contributed by atoms with E-state index in [0.29, 0.717) is 22.2 Å². The molecule has 0 atom stereocenters. The molecule has 0 radical (unpaired) electrons. The molecule has 0 aliphatic carbocycles. The second kappa shape index (κ2) is 5.79. The van der Waals surface area contributed by atoms with Crippen LogP contribution in [0.2, 0.25) is 5.02 Å². The van der Waals surface area contributed by atoms with E-state index in [1.807, 2.05) is 0 Å². The Morgan fingerprint density at radius 3 is 2.50 bits per heavy atom. The summed E-state index contributed by atoms with van der Waals surface area (Å²) in [4.78, 5) is 11.4. The maximum absolute atomic E-state index is 11.4. The van der Waals surface area contributed by atoms with Gasteiger partial charge in [0, 0.05) is 12.1 Å². The lowest BCUT2D eigenvalue weighted by atomic mass is 10.2. The summed E-state index contributed by atoms with van der Waals surface area (Å²) in [7, 11) is 4.27. The van der Waals surface area contributed by atoms with Crippen LogP contribution in [0.4, 0.5) is 0 Å². The lowest BCUT2D eigenvalue weighted by Gasteiger charge is -2.11. The van der Waals surface area contributed by atoms with Crippen molar-refractivity contribution in [3.63, 3.8) is 0 Å². The molecule has 0 unspecified atom stereocenters. The van der Waals surface area contributed by atoms with Crippen molar-refractivity contribution < 1.29 is 19.0 Å². The molecule has 106 valence electrons. The summed E-state index contributed by atoms with van der Waals surface area (Å²) in [5, 5.41) is 7.99. The molecule has 0 amide bonds. The van der Waals surface area contributed by atoms with Crippen molar-refractivity contribution in [3.8, 4) is 17.2 Å². The molecular formula is C12H12ClN3O4. The number of ether oxygens (including phenoxy) is 3. The van der Waals surface area contributed by atoms with Gasteiger partial charge in [-0.15, -0.1) is 5.10 Å². The Labute approximate surface area is 120 Å². The Bertz CT molecular complexity index is 642. The van der Waals surface area contributed by atoms with Crippen LogP contribution in [0.25, 0.3) is 5.69 Å². The van der Waals surface area contributed by atoms with E-state index >= 15 is 0 Å². The van der Waals surface area contributed by atoms with Crippen LogP contribution in [0.1, 0.15) is 10.5 Å². The molecule has 0 aliphatic rings. The van der Waals surface area contributed by atoms with Crippen molar-refractivity contribution in [2.24, 2.45) is 0 Å². The fraction of sp³-hybridized carbons (Fsp3) is 0.250. The molecule has 0 spiro atoms. The molecule has 2 aromatic rings. The fourth-order valence-electron chi connectivity index (χ4n) is 1.60. The Kier molecular flexibility index (Phi) is 4.09. The van der Waals surface area contributed by atoms with Crippen molar-refractivity contribution in [1.82, 2.24) is 15.0 Å². The van der Waals surface area contributed by atoms with Crippen molar-refractivity contribution in [2.45, 2.75) is 0 Å². The number of nitrogens with zero attached hydrogens (tertiary/aromatic N) is 3. The maximum atomic E-state index is 11.4. The van der Waals surface area contributed by atoms with Crippen LogP contribution in [-0.2, 0) is 4.74 Å². The van der Waals surface area contributed by atoms with E-state index in [-0.39, 0.29) is 5.69 Å². The van der Waals surface area contributed by atoms with Gasteiger partial charge >= 0.3 is 5.97 Å². The number of carbonyl (C=O) groups is 1. The smallest absolute Gasteiger partial charge is 0.360 e. The van der Waals surface area contributed by atoms with Gasteiger partial charge in [-0.3, -0.25) is 0 Å². The quantitative estimate of drug-likeness (QED) is 0.800. The van der Waals surface area contributed by atoms with Gasteiger partial charge in [0.2, 0.25) is 0 Å². The molecule has 0 bridgehead atoms. The minimum Gasteiger partial charge on any atom is -0.495 e. The molecule has 0 fully saturated rings. The number of hydrogen-bond acceptors (Lipinski definition) is 6. The summed E-state index contributed by atoms with van der Waals surface area (Å²) in [6.07, 6.45) is 1.43. The molecule has 7 nitrogen and oxygen atoms in total. The first kappa shape index (κ1) is 14.1. The monoisotopic (exact) mass is 297 g/mol. The first-order valence-corrected chi connectivity index (χ1v) is 5.91. The third-order valence-corrected chi connectivity index (χ3v) is 2.88. The molecule has 1 aromatic carbocycles. The highest BCUT2D eigenvalue weighted by Crippen LogP contribution is 2.34. The average molecular weight is 298 g/mol. The fourth-order valence-corrected chi connectivity index (χ4v) is 1.83. The minimum atomic E-state index is -0.573. The maximum Gasteiger partial charge on any atom is 0.360 e. The van der Waals surface area contributed by atoms with E-state index in [1.165, 1.54) is 32.2 Å². The standard InChI is InChI=1S/C12H12ClN3O4/c1-18-10-5-9(11(19-2)4-7(10)13)16-6-8(14-15-16)12(17)20-3/h4-6H,1-3H3. The van der Waals surface area contributed by atoms with Crippen LogP contribution in [0.5, 0.6) is 11.5 Å². The van der Waals surface area contributed by atoms with E-state index in [9.17, 15) is 4.79 Å². The Balaban J connectivity index is 2.50. The van der Waals surface area contributed by atoms with Gasteiger partial charge < -0.3 is 14.2 Å². The van der Waals surface area contributed by atoms with Gasteiger partial charge in [-0.25, -0.2) is 9.48 Å². The van der Waals surface area contributed by atoms with Gasteiger partial charge in [0.25, 0.3) is 0 Å². The predicted molar refractivity (Wildman–Crippen MR) is 70.8 cm³/mol. The summed E-state index contributed by atoms with van der Waals surface area (Å²) in [6.45, 7) is 0. The molecule has 20 heavy (non-hydrogen) atoms. The third-order valence-electron chi connectivity index (χ3n) is 2.59. The van der Waals surface area contributed by atoms with Crippen molar-refractivity contribution in [2.75, 3.05) is 21.3 Å². The zero-order valence-electron chi connectivity index (χ0n) is 11.1. The van der Waals surface area contributed by atoms with Gasteiger partial charge in [0.1, 0.15) is 17.2 Å². The van der Waals surface area contributed by atoms with Gasteiger partial charge in [-0.05, 0) is 0 Å². The lowest BCUT2D eigenvalue weighted by Crippen LogP contribution is -2.01. The second-order valence-corrected chi connectivity index (χ2v) is 4.11. The summed E-state index contributed by atoms with van der Waals surface area (Å²) < 4.78 is 16.3. The number of hydrogen-bond donors (Lipinski definition) is 0. The molecule has 1 heterocycles. The largest absolute Gasteiger partial charge is 0.495 e. The van der Waals surface area contributed by atoms with E-state index in [0.717, 1.165) is 0 Å². The summed E-state index contributed by atoms with van der Waals surface area (Å²) in [6, 6.07) is 3.23. The Morgan fingerprint density at radius 1 is 1.20 bits per heavy atom. The summed E-state index contributed by atoms with van der Waals surface area (Å²) in [5.74, 6) is 0.353. The van der Waals surface area contributed by atoms with Gasteiger partial charge in [0.05, 0.1) is 32.5 Å². The highest BCUT2D eigenvalue weighted by atomic mass is 35.5. The van der Waals surface area contributed by atoms with Crippen molar-refractivity contribution >= 4 is 17.6 Å². The number of halogens is 1. The Morgan fingerprint density at radius 2 is 1.90 bits per heavy atom.